The van der Waals surface area contributed by atoms with Gasteiger partial charge in [0.15, 0.2) is 0 Å². The molecule has 1 aromatic carbocycles. The first-order chi connectivity index (χ1) is 12.1. The van der Waals surface area contributed by atoms with E-state index in [0.717, 1.165) is 14.4 Å². The molecular formula is C18H20BrN3O2S. The van der Waals surface area contributed by atoms with Gasteiger partial charge in [-0.1, -0.05) is 18.2 Å². The number of carbonyl (C=O) groups is 2. The SMILES string of the molecule is O=C(NCc1ccc(Br)s1)C1CCN(C(=O)Nc2ccccc2)CC1. The summed E-state index contributed by atoms with van der Waals surface area (Å²) in [4.78, 5) is 27.5. The summed E-state index contributed by atoms with van der Waals surface area (Å²) in [6.07, 6.45) is 1.39. The Morgan fingerprint density at radius 1 is 1.12 bits per heavy atom. The van der Waals surface area contributed by atoms with Gasteiger partial charge >= 0.3 is 6.03 Å². The van der Waals surface area contributed by atoms with E-state index in [1.807, 2.05) is 42.5 Å². The molecule has 1 fully saturated rings. The summed E-state index contributed by atoms with van der Waals surface area (Å²) < 4.78 is 1.06. The predicted octanol–water partition coefficient (Wildman–Crippen LogP) is 4.07. The van der Waals surface area contributed by atoms with Crippen LogP contribution in [0.25, 0.3) is 0 Å². The molecule has 0 unspecified atom stereocenters. The molecule has 0 saturated carbocycles. The van der Waals surface area contributed by atoms with Gasteiger partial charge in [-0.2, -0.15) is 0 Å². The molecule has 5 nitrogen and oxygen atoms in total. The van der Waals surface area contributed by atoms with E-state index in [2.05, 4.69) is 26.6 Å². The lowest BCUT2D eigenvalue weighted by atomic mass is 9.96. The van der Waals surface area contributed by atoms with Gasteiger partial charge in [0, 0.05) is 29.6 Å². The van der Waals surface area contributed by atoms with Crippen molar-refractivity contribution >= 4 is 44.9 Å². The minimum absolute atomic E-state index is 0.0239. The second-order valence-electron chi connectivity index (χ2n) is 5.98. The molecule has 3 amide bonds. The van der Waals surface area contributed by atoms with E-state index in [4.69, 9.17) is 0 Å². The summed E-state index contributed by atoms with van der Waals surface area (Å²) in [5.74, 6) is 0.0526. The maximum Gasteiger partial charge on any atom is 0.321 e. The van der Waals surface area contributed by atoms with E-state index in [9.17, 15) is 9.59 Å². The molecule has 0 atom stereocenters. The van der Waals surface area contributed by atoms with Gasteiger partial charge < -0.3 is 15.5 Å². The molecule has 7 heteroatoms. The number of nitrogens with one attached hydrogen (secondary N) is 2. The van der Waals surface area contributed by atoms with Crippen LogP contribution in [0.15, 0.2) is 46.3 Å². The highest BCUT2D eigenvalue weighted by Crippen LogP contribution is 2.23. The summed E-state index contributed by atoms with van der Waals surface area (Å²) in [6, 6.07) is 13.3. The maximum atomic E-state index is 12.3. The van der Waals surface area contributed by atoms with Gasteiger partial charge in [0.2, 0.25) is 5.91 Å². The fourth-order valence-corrected chi connectivity index (χ4v) is 4.26. The Bertz CT molecular complexity index is 727. The first-order valence-corrected chi connectivity index (χ1v) is 9.85. The predicted molar refractivity (Wildman–Crippen MR) is 104 cm³/mol. The van der Waals surface area contributed by atoms with Gasteiger partial charge in [-0.15, -0.1) is 11.3 Å². The molecule has 25 heavy (non-hydrogen) atoms. The number of likely N-dealkylation sites (tertiary alicyclic amines) is 1. The molecule has 0 bridgehead atoms. The number of thiophene rings is 1. The summed E-state index contributed by atoms with van der Waals surface area (Å²) in [5, 5.41) is 5.89. The fourth-order valence-electron chi connectivity index (χ4n) is 2.83. The Kier molecular flexibility index (Phi) is 6.09. The maximum absolute atomic E-state index is 12.3. The van der Waals surface area contributed by atoms with Gasteiger partial charge in [0.1, 0.15) is 0 Å². The Labute approximate surface area is 159 Å². The van der Waals surface area contributed by atoms with Crippen LogP contribution in [0.5, 0.6) is 0 Å². The Balaban J connectivity index is 1.43. The number of halogens is 1. The Morgan fingerprint density at radius 2 is 1.84 bits per heavy atom. The summed E-state index contributed by atoms with van der Waals surface area (Å²) in [6.45, 7) is 1.76. The highest BCUT2D eigenvalue weighted by Gasteiger charge is 2.27. The van der Waals surface area contributed by atoms with Crippen LogP contribution >= 0.6 is 27.3 Å². The molecule has 1 aliphatic heterocycles. The van der Waals surface area contributed by atoms with Crippen molar-refractivity contribution in [2.75, 3.05) is 18.4 Å². The molecule has 0 radical (unpaired) electrons. The summed E-state index contributed by atoms with van der Waals surface area (Å²) in [7, 11) is 0. The number of hydrogen-bond donors (Lipinski definition) is 2. The summed E-state index contributed by atoms with van der Waals surface area (Å²) >= 11 is 5.04. The average Bonchev–Trinajstić information content (AvgIpc) is 3.06. The molecule has 1 aromatic heterocycles. The van der Waals surface area contributed by atoms with Gasteiger partial charge in [0.25, 0.3) is 0 Å². The standard InChI is InChI=1S/C18H20BrN3O2S/c19-16-7-6-15(25-16)12-20-17(23)13-8-10-22(11-9-13)18(24)21-14-4-2-1-3-5-14/h1-7,13H,8-12H2,(H,20,23)(H,21,24). The number of amides is 3. The van der Waals surface area contributed by atoms with Crippen LogP contribution in [0, 0.1) is 5.92 Å². The molecule has 1 aliphatic rings. The van der Waals surface area contributed by atoms with Crippen molar-refractivity contribution in [3.63, 3.8) is 0 Å². The average molecular weight is 422 g/mol. The zero-order valence-electron chi connectivity index (χ0n) is 13.7. The number of hydrogen-bond acceptors (Lipinski definition) is 3. The highest BCUT2D eigenvalue weighted by atomic mass is 79.9. The minimum atomic E-state index is -0.103. The number of urea groups is 1. The van der Waals surface area contributed by atoms with Crippen molar-refractivity contribution in [1.82, 2.24) is 10.2 Å². The van der Waals surface area contributed by atoms with E-state index in [1.54, 1.807) is 16.2 Å². The van der Waals surface area contributed by atoms with Crippen LogP contribution < -0.4 is 10.6 Å². The van der Waals surface area contributed by atoms with Crippen LogP contribution in [-0.2, 0) is 11.3 Å². The lowest BCUT2D eigenvalue weighted by Crippen LogP contribution is -2.44. The van der Waals surface area contributed by atoms with Crippen LogP contribution in [0.1, 0.15) is 17.7 Å². The zero-order valence-corrected chi connectivity index (χ0v) is 16.1. The lowest BCUT2D eigenvalue weighted by molar-refractivity contribution is -0.126. The molecule has 2 N–H and O–H groups in total. The summed E-state index contributed by atoms with van der Waals surface area (Å²) in [5.41, 5.74) is 0.787. The first kappa shape index (κ1) is 17.9. The van der Waals surface area contributed by atoms with Crippen molar-refractivity contribution in [2.24, 2.45) is 5.92 Å². The number of para-hydroxylation sites is 1. The molecule has 2 aromatic rings. The third kappa shape index (κ3) is 5.06. The Hall–Kier alpha value is -1.86. The number of anilines is 1. The quantitative estimate of drug-likeness (QED) is 0.781. The van der Waals surface area contributed by atoms with Crippen LogP contribution in [0.3, 0.4) is 0 Å². The van der Waals surface area contributed by atoms with Crippen molar-refractivity contribution in [1.29, 1.82) is 0 Å². The normalized spacial score (nSPS) is 15.0. The second kappa shape index (κ2) is 8.49. The number of carbonyl (C=O) groups excluding carboxylic acids is 2. The second-order valence-corrected chi connectivity index (χ2v) is 8.53. The number of piperidine rings is 1. The van der Waals surface area contributed by atoms with Gasteiger partial charge in [-0.3, -0.25) is 4.79 Å². The van der Waals surface area contributed by atoms with E-state index < -0.39 is 0 Å². The molecule has 0 aliphatic carbocycles. The topological polar surface area (TPSA) is 61.4 Å². The first-order valence-electron chi connectivity index (χ1n) is 8.25. The van der Waals surface area contributed by atoms with Gasteiger partial charge in [-0.25, -0.2) is 4.79 Å². The zero-order chi connectivity index (χ0) is 17.6. The Morgan fingerprint density at radius 3 is 2.48 bits per heavy atom. The minimum Gasteiger partial charge on any atom is -0.351 e. The van der Waals surface area contributed by atoms with E-state index in [-0.39, 0.29) is 17.9 Å². The smallest absolute Gasteiger partial charge is 0.321 e. The van der Waals surface area contributed by atoms with Gasteiger partial charge in [0.05, 0.1) is 10.3 Å². The molecule has 2 heterocycles. The molecule has 132 valence electrons. The van der Waals surface area contributed by atoms with Crippen LogP contribution in [0.4, 0.5) is 10.5 Å². The third-order valence-electron chi connectivity index (χ3n) is 4.24. The molecular weight excluding hydrogens is 402 g/mol. The highest BCUT2D eigenvalue weighted by molar-refractivity contribution is 9.11. The number of rotatable bonds is 4. The van der Waals surface area contributed by atoms with Crippen LogP contribution in [-0.4, -0.2) is 29.9 Å². The fraction of sp³-hybridized carbons (Fsp3) is 0.333. The number of nitrogens with zero attached hydrogens (tertiary/aromatic N) is 1. The van der Waals surface area contributed by atoms with Crippen LogP contribution in [0.2, 0.25) is 0 Å². The number of benzene rings is 1. The van der Waals surface area contributed by atoms with Gasteiger partial charge in [-0.05, 0) is 53.0 Å². The van der Waals surface area contributed by atoms with Crippen molar-refractivity contribution < 1.29 is 9.59 Å². The van der Waals surface area contributed by atoms with E-state index >= 15 is 0 Å². The van der Waals surface area contributed by atoms with E-state index in [0.29, 0.717) is 32.5 Å². The monoisotopic (exact) mass is 421 g/mol. The lowest BCUT2D eigenvalue weighted by Gasteiger charge is -2.31. The van der Waals surface area contributed by atoms with E-state index in [1.165, 1.54) is 0 Å². The third-order valence-corrected chi connectivity index (χ3v) is 5.87. The molecule has 3 rings (SSSR count). The molecule has 0 spiro atoms. The largest absolute Gasteiger partial charge is 0.351 e. The van der Waals surface area contributed by atoms with Crippen molar-refractivity contribution in [3.8, 4) is 0 Å². The molecule has 1 saturated heterocycles. The van der Waals surface area contributed by atoms with Crippen molar-refractivity contribution in [3.05, 3.63) is 51.1 Å². The van der Waals surface area contributed by atoms with Crippen molar-refractivity contribution in [2.45, 2.75) is 19.4 Å².